The summed E-state index contributed by atoms with van der Waals surface area (Å²) in [7, 11) is 0. The molecular formula is C13H17NO. The molecule has 1 aromatic carbocycles. The number of rotatable bonds is 6. The molecule has 15 heavy (non-hydrogen) atoms. The predicted molar refractivity (Wildman–Crippen MR) is 62.9 cm³/mol. The van der Waals surface area contributed by atoms with Crippen molar-refractivity contribution in [1.82, 2.24) is 5.32 Å². The van der Waals surface area contributed by atoms with Gasteiger partial charge in [-0.3, -0.25) is 0 Å². The van der Waals surface area contributed by atoms with Crippen LogP contribution in [0.4, 0.5) is 0 Å². The van der Waals surface area contributed by atoms with Crippen molar-refractivity contribution in [1.29, 1.82) is 0 Å². The van der Waals surface area contributed by atoms with Gasteiger partial charge in [-0.05, 0) is 32.0 Å². The first-order valence-corrected chi connectivity index (χ1v) is 5.20. The van der Waals surface area contributed by atoms with Crippen molar-refractivity contribution in [3.63, 3.8) is 0 Å². The van der Waals surface area contributed by atoms with Crippen molar-refractivity contribution < 1.29 is 4.74 Å². The third-order valence-electron chi connectivity index (χ3n) is 2.03. The van der Waals surface area contributed by atoms with Gasteiger partial charge in [0.25, 0.3) is 0 Å². The van der Waals surface area contributed by atoms with Crippen molar-refractivity contribution in [2.24, 2.45) is 0 Å². The number of para-hydroxylation sites is 1. The van der Waals surface area contributed by atoms with Gasteiger partial charge in [0.15, 0.2) is 0 Å². The Morgan fingerprint density at radius 2 is 2.13 bits per heavy atom. The summed E-state index contributed by atoms with van der Waals surface area (Å²) < 4.78 is 5.53. The molecule has 1 aromatic rings. The van der Waals surface area contributed by atoms with Crippen molar-refractivity contribution in [3.05, 3.63) is 30.3 Å². The number of nitrogens with one attached hydrogen (secondary N) is 1. The number of benzene rings is 1. The predicted octanol–water partition coefficient (Wildman–Crippen LogP) is 2.07. The Balaban J connectivity index is 2.06. The number of terminal acetylenes is 1. The standard InChI is InChI=1S/C13H17NO/c1-3-12(2)14-10-7-11-15-13-8-5-4-6-9-13/h1,4-6,8-9,12,14H,7,10-11H2,2H3. The van der Waals surface area contributed by atoms with E-state index in [-0.39, 0.29) is 6.04 Å². The molecule has 0 spiro atoms. The minimum Gasteiger partial charge on any atom is -0.494 e. The molecule has 0 saturated heterocycles. The van der Waals surface area contributed by atoms with Crippen LogP contribution in [0.1, 0.15) is 13.3 Å². The van der Waals surface area contributed by atoms with E-state index in [9.17, 15) is 0 Å². The Hall–Kier alpha value is -1.46. The molecule has 0 amide bonds. The molecule has 1 unspecified atom stereocenters. The van der Waals surface area contributed by atoms with E-state index in [1.807, 2.05) is 37.3 Å². The van der Waals surface area contributed by atoms with Gasteiger partial charge in [-0.25, -0.2) is 0 Å². The topological polar surface area (TPSA) is 21.3 Å². The maximum atomic E-state index is 5.53. The molecule has 80 valence electrons. The third-order valence-corrected chi connectivity index (χ3v) is 2.03. The molecule has 1 rings (SSSR count). The van der Waals surface area contributed by atoms with Crippen molar-refractivity contribution in [2.45, 2.75) is 19.4 Å². The van der Waals surface area contributed by atoms with E-state index in [1.165, 1.54) is 0 Å². The van der Waals surface area contributed by atoms with E-state index >= 15 is 0 Å². The Labute approximate surface area is 91.6 Å². The van der Waals surface area contributed by atoms with Gasteiger partial charge in [0, 0.05) is 0 Å². The highest BCUT2D eigenvalue weighted by Gasteiger charge is 1.95. The lowest BCUT2D eigenvalue weighted by molar-refractivity contribution is 0.307. The van der Waals surface area contributed by atoms with E-state index < -0.39 is 0 Å². The Bertz CT molecular complexity index is 302. The molecule has 0 aromatic heterocycles. The van der Waals surface area contributed by atoms with Gasteiger partial charge >= 0.3 is 0 Å². The van der Waals surface area contributed by atoms with Crippen LogP contribution in [-0.2, 0) is 0 Å². The second-order valence-electron chi connectivity index (χ2n) is 3.36. The van der Waals surface area contributed by atoms with Crippen LogP contribution in [0.2, 0.25) is 0 Å². The van der Waals surface area contributed by atoms with Gasteiger partial charge in [-0.15, -0.1) is 6.42 Å². The third kappa shape index (κ3) is 5.09. The molecule has 1 N–H and O–H groups in total. The van der Waals surface area contributed by atoms with Crippen LogP contribution in [0.15, 0.2) is 30.3 Å². The molecule has 0 saturated carbocycles. The number of hydrogen-bond acceptors (Lipinski definition) is 2. The molecule has 2 heteroatoms. The second kappa shape index (κ2) is 6.92. The average molecular weight is 203 g/mol. The lowest BCUT2D eigenvalue weighted by atomic mass is 10.3. The minimum absolute atomic E-state index is 0.140. The summed E-state index contributed by atoms with van der Waals surface area (Å²) in [6.07, 6.45) is 6.19. The molecule has 1 atom stereocenters. The highest BCUT2D eigenvalue weighted by atomic mass is 16.5. The monoisotopic (exact) mass is 203 g/mol. The van der Waals surface area contributed by atoms with Gasteiger partial charge in [-0.1, -0.05) is 24.1 Å². The highest BCUT2D eigenvalue weighted by Crippen LogP contribution is 2.07. The normalized spacial score (nSPS) is 11.7. The highest BCUT2D eigenvalue weighted by molar-refractivity contribution is 5.20. The fourth-order valence-electron chi connectivity index (χ4n) is 1.16. The van der Waals surface area contributed by atoms with E-state index in [4.69, 9.17) is 11.2 Å². The smallest absolute Gasteiger partial charge is 0.119 e. The largest absolute Gasteiger partial charge is 0.494 e. The molecule has 0 radical (unpaired) electrons. The van der Waals surface area contributed by atoms with Crippen LogP contribution < -0.4 is 10.1 Å². The average Bonchev–Trinajstić information content (AvgIpc) is 2.29. The first-order valence-electron chi connectivity index (χ1n) is 5.20. The van der Waals surface area contributed by atoms with Crippen LogP contribution in [-0.4, -0.2) is 19.2 Å². The van der Waals surface area contributed by atoms with E-state index in [0.717, 1.165) is 18.7 Å². The summed E-state index contributed by atoms with van der Waals surface area (Å²) in [6, 6.07) is 9.96. The van der Waals surface area contributed by atoms with Crippen LogP contribution in [0.3, 0.4) is 0 Å². The molecule has 0 aliphatic carbocycles. The fraction of sp³-hybridized carbons (Fsp3) is 0.385. The second-order valence-corrected chi connectivity index (χ2v) is 3.36. The Kier molecular flexibility index (Phi) is 5.35. The zero-order valence-corrected chi connectivity index (χ0v) is 9.07. The van der Waals surface area contributed by atoms with E-state index in [0.29, 0.717) is 6.61 Å². The fourth-order valence-corrected chi connectivity index (χ4v) is 1.16. The maximum absolute atomic E-state index is 5.53. The van der Waals surface area contributed by atoms with Gasteiger partial charge in [0.1, 0.15) is 5.75 Å². The quantitative estimate of drug-likeness (QED) is 0.564. The maximum Gasteiger partial charge on any atom is 0.119 e. The van der Waals surface area contributed by atoms with Gasteiger partial charge in [-0.2, -0.15) is 0 Å². The lowest BCUT2D eigenvalue weighted by Gasteiger charge is -2.08. The number of hydrogen-bond donors (Lipinski definition) is 1. The lowest BCUT2D eigenvalue weighted by Crippen LogP contribution is -2.26. The summed E-state index contributed by atoms with van der Waals surface area (Å²) in [4.78, 5) is 0. The Morgan fingerprint density at radius 3 is 2.80 bits per heavy atom. The molecule has 0 aliphatic heterocycles. The van der Waals surface area contributed by atoms with Crippen LogP contribution >= 0.6 is 0 Å². The van der Waals surface area contributed by atoms with E-state index in [1.54, 1.807) is 0 Å². The van der Waals surface area contributed by atoms with Crippen LogP contribution in [0.25, 0.3) is 0 Å². The van der Waals surface area contributed by atoms with Gasteiger partial charge in [0.2, 0.25) is 0 Å². The number of ether oxygens (including phenoxy) is 1. The molecular weight excluding hydrogens is 186 g/mol. The molecule has 0 heterocycles. The zero-order chi connectivity index (χ0) is 10.9. The summed E-state index contributed by atoms with van der Waals surface area (Å²) in [5.74, 6) is 3.54. The zero-order valence-electron chi connectivity index (χ0n) is 9.07. The van der Waals surface area contributed by atoms with Crippen LogP contribution in [0.5, 0.6) is 5.75 Å². The molecule has 2 nitrogen and oxygen atoms in total. The van der Waals surface area contributed by atoms with Gasteiger partial charge in [0.05, 0.1) is 12.6 Å². The van der Waals surface area contributed by atoms with Crippen LogP contribution in [0, 0.1) is 12.3 Å². The van der Waals surface area contributed by atoms with Gasteiger partial charge < -0.3 is 10.1 Å². The summed E-state index contributed by atoms with van der Waals surface area (Å²) >= 11 is 0. The van der Waals surface area contributed by atoms with Crippen molar-refractivity contribution in [2.75, 3.05) is 13.2 Å². The first kappa shape index (κ1) is 11.6. The summed E-state index contributed by atoms with van der Waals surface area (Å²) in [5, 5.41) is 3.20. The summed E-state index contributed by atoms with van der Waals surface area (Å²) in [5.41, 5.74) is 0. The minimum atomic E-state index is 0.140. The Morgan fingerprint density at radius 1 is 1.40 bits per heavy atom. The SMILES string of the molecule is C#CC(C)NCCCOc1ccccc1. The molecule has 0 aliphatic rings. The molecule has 0 bridgehead atoms. The summed E-state index contributed by atoms with van der Waals surface area (Å²) in [6.45, 7) is 3.57. The van der Waals surface area contributed by atoms with E-state index in [2.05, 4.69) is 11.2 Å². The van der Waals surface area contributed by atoms with Crippen molar-refractivity contribution in [3.8, 4) is 18.1 Å². The van der Waals surface area contributed by atoms with Crippen molar-refractivity contribution >= 4 is 0 Å². The molecule has 0 fully saturated rings. The first-order chi connectivity index (χ1) is 7.33.